The highest BCUT2D eigenvalue weighted by molar-refractivity contribution is 7.54. The second-order valence-corrected chi connectivity index (χ2v) is 5.85. The van der Waals surface area contributed by atoms with E-state index >= 15 is 0 Å². The average Bonchev–Trinajstić information content (AvgIpc) is 2.39. The first-order chi connectivity index (χ1) is 9.45. The number of hydrogen-bond acceptors (Lipinski definition) is 7. The molecule has 116 valence electrons. The van der Waals surface area contributed by atoms with Crippen LogP contribution >= 0.6 is 7.60 Å². The van der Waals surface area contributed by atoms with Crippen molar-refractivity contribution in [1.29, 1.82) is 0 Å². The molecule has 2 atom stereocenters. The highest BCUT2D eigenvalue weighted by Gasteiger charge is 2.37. The van der Waals surface area contributed by atoms with Crippen LogP contribution in [0.2, 0.25) is 0 Å². The molecule has 0 bridgehead atoms. The molecule has 0 aliphatic heterocycles. The van der Waals surface area contributed by atoms with E-state index in [0.29, 0.717) is 0 Å². The van der Waals surface area contributed by atoms with E-state index in [1.54, 1.807) is 20.8 Å². The van der Waals surface area contributed by atoms with Crippen LogP contribution in [0.3, 0.4) is 0 Å². The van der Waals surface area contributed by atoms with Crippen LogP contribution in [-0.4, -0.2) is 37.6 Å². The van der Waals surface area contributed by atoms with Gasteiger partial charge in [-0.2, -0.15) is 0 Å². The molecule has 0 radical (unpaired) electrons. The first-order valence-corrected chi connectivity index (χ1v) is 7.91. The Morgan fingerprint density at radius 1 is 1.30 bits per heavy atom. The maximum Gasteiger partial charge on any atom is 0.339 e. The Morgan fingerprint density at radius 3 is 2.25 bits per heavy atom. The van der Waals surface area contributed by atoms with Gasteiger partial charge >= 0.3 is 13.6 Å². The van der Waals surface area contributed by atoms with Crippen LogP contribution in [0, 0.1) is 0 Å². The van der Waals surface area contributed by atoms with Crippen LogP contribution in [0.25, 0.3) is 10.4 Å². The van der Waals surface area contributed by atoms with Gasteiger partial charge in [-0.15, -0.1) is 0 Å². The fourth-order valence-electron chi connectivity index (χ4n) is 1.44. The van der Waals surface area contributed by atoms with Gasteiger partial charge in [0.25, 0.3) is 0 Å². The summed E-state index contributed by atoms with van der Waals surface area (Å²) < 4.78 is 27.4. The number of esters is 1. The second-order valence-electron chi connectivity index (χ2n) is 3.66. The van der Waals surface area contributed by atoms with Gasteiger partial charge in [0.1, 0.15) is 11.8 Å². The highest BCUT2D eigenvalue weighted by Crippen LogP contribution is 2.55. The third-order valence-corrected chi connectivity index (χ3v) is 4.50. The van der Waals surface area contributed by atoms with Gasteiger partial charge in [-0.25, -0.2) is 0 Å². The summed E-state index contributed by atoms with van der Waals surface area (Å²) in [5.74, 6) is -1.84. The minimum atomic E-state index is -3.67. The molecule has 0 aromatic heterocycles. The molecule has 0 aliphatic rings. The lowest BCUT2D eigenvalue weighted by atomic mass is 10.2. The van der Waals surface area contributed by atoms with E-state index in [4.69, 9.17) is 25.0 Å². The van der Waals surface area contributed by atoms with Crippen molar-refractivity contribution in [2.75, 3.05) is 19.8 Å². The minimum absolute atomic E-state index is 0.114. The Morgan fingerprint density at radius 2 is 1.85 bits per heavy atom. The van der Waals surface area contributed by atoms with Crippen molar-refractivity contribution in [1.82, 2.24) is 0 Å². The zero-order valence-corrected chi connectivity index (χ0v) is 12.8. The Balaban J connectivity index is 5.06. The number of ether oxygens (including phenoxy) is 1. The smallest absolute Gasteiger partial charge is 0.339 e. The van der Waals surface area contributed by atoms with Crippen LogP contribution in [0.1, 0.15) is 27.2 Å². The number of nitrogens with zero attached hydrogens (tertiary/aromatic N) is 3. The standard InChI is InChI=1S/C10H21N4O5P/c1-4-17-10(15)8(11)7-9(13-14-12)20(16,18-5-2)19-6-3/h8-9H,4-7,11H2,1-3H3/t8-,9+/m0/s1. The van der Waals surface area contributed by atoms with Crippen molar-refractivity contribution in [2.24, 2.45) is 10.8 Å². The third kappa shape index (κ3) is 5.90. The fourth-order valence-corrected chi connectivity index (χ4v) is 3.24. The van der Waals surface area contributed by atoms with Gasteiger partial charge in [0.15, 0.2) is 0 Å². The lowest BCUT2D eigenvalue weighted by molar-refractivity contribution is -0.144. The topological polar surface area (TPSA) is 137 Å². The fraction of sp³-hybridized carbons (Fsp3) is 0.900. The normalized spacial score (nSPS) is 14.2. The average molecular weight is 308 g/mol. The first-order valence-electron chi connectivity index (χ1n) is 6.30. The monoisotopic (exact) mass is 308 g/mol. The van der Waals surface area contributed by atoms with Crippen LogP contribution in [0.15, 0.2) is 5.11 Å². The van der Waals surface area contributed by atoms with Crippen molar-refractivity contribution < 1.29 is 23.1 Å². The van der Waals surface area contributed by atoms with Crippen LogP contribution in [0.5, 0.6) is 0 Å². The van der Waals surface area contributed by atoms with Gasteiger partial charge in [0.05, 0.1) is 19.8 Å². The zero-order valence-electron chi connectivity index (χ0n) is 11.9. The highest BCUT2D eigenvalue weighted by atomic mass is 31.2. The van der Waals surface area contributed by atoms with E-state index in [0.717, 1.165) is 0 Å². The maximum atomic E-state index is 12.5. The summed E-state index contributed by atoms with van der Waals surface area (Å²) in [6.45, 7) is 5.30. The van der Waals surface area contributed by atoms with E-state index in [-0.39, 0.29) is 26.2 Å². The van der Waals surface area contributed by atoms with Gasteiger partial charge in [0.2, 0.25) is 0 Å². The summed E-state index contributed by atoms with van der Waals surface area (Å²) in [6.07, 6.45) is -0.180. The molecule has 0 rings (SSSR count). The number of nitrogens with two attached hydrogens (primary N) is 1. The van der Waals surface area contributed by atoms with Crippen molar-refractivity contribution in [2.45, 2.75) is 39.0 Å². The lowest BCUT2D eigenvalue weighted by Crippen LogP contribution is -2.35. The predicted octanol–water partition coefficient (Wildman–Crippen LogP) is 2.17. The van der Waals surface area contributed by atoms with Crippen molar-refractivity contribution in [3.63, 3.8) is 0 Å². The number of carbonyl (C=O) groups is 1. The number of azide groups is 1. The molecule has 0 amide bonds. The largest absolute Gasteiger partial charge is 0.465 e. The predicted molar refractivity (Wildman–Crippen MR) is 73.0 cm³/mol. The molecule has 0 aromatic carbocycles. The van der Waals surface area contributed by atoms with Crippen LogP contribution in [0.4, 0.5) is 0 Å². The molecule has 0 fully saturated rings. The van der Waals surface area contributed by atoms with E-state index < -0.39 is 25.4 Å². The van der Waals surface area contributed by atoms with E-state index in [1.165, 1.54) is 0 Å². The molecule has 9 nitrogen and oxygen atoms in total. The summed E-state index contributed by atoms with van der Waals surface area (Å²) in [5.41, 5.74) is 14.2. The second kappa shape index (κ2) is 9.74. The minimum Gasteiger partial charge on any atom is -0.465 e. The molecule has 0 saturated heterocycles. The lowest BCUT2D eigenvalue weighted by Gasteiger charge is -2.24. The van der Waals surface area contributed by atoms with Crippen molar-refractivity contribution in [3.05, 3.63) is 10.4 Å². The molecule has 0 heterocycles. The molecular weight excluding hydrogens is 287 g/mol. The Hall–Kier alpha value is -1.11. The molecule has 0 saturated carbocycles. The van der Waals surface area contributed by atoms with Crippen molar-refractivity contribution in [3.8, 4) is 0 Å². The van der Waals surface area contributed by atoms with Gasteiger partial charge in [0, 0.05) is 4.91 Å². The van der Waals surface area contributed by atoms with E-state index in [2.05, 4.69) is 10.0 Å². The summed E-state index contributed by atoms with van der Waals surface area (Å²) in [6, 6.07) is -1.07. The zero-order chi connectivity index (χ0) is 15.6. The van der Waals surface area contributed by atoms with E-state index in [9.17, 15) is 9.36 Å². The van der Waals surface area contributed by atoms with Crippen LogP contribution < -0.4 is 5.73 Å². The number of rotatable bonds is 10. The summed E-state index contributed by atoms with van der Waals surface area (Å²) in [4.78, 5) is 14.1. The summed E-state index contributed by atoms with van der Waals surface area (Å²) >= 11 is 0. The molecule has 2 N–H and O–H groups in total. The quantitative estimate of drug-likeness (QED) is 0.216. The number of hydrogen-bond donors (Lipinski definition) is 1. The molecule has 10 heteroatoms. The molecule has 0 aromatic rings. The Kier molecular flexibility index (Phi) is 9.20. The third-order valence-electron chi connectivity index (χ3n) is 2.22. The van der Waals surface area contributed by atoms with Gasteiger partial charge < -0.3 is 19.5 Å². The summed E-state index contributed by atoms with van der Waals surface area (Å²) in [7, 11) is -3.67. The maximum absolute atomic E-state index is 12.5. The van der Waals surface area contributed by atoms with Crippen LogP contribution in [-0.2, 0) is 23.1 Å². The van der Waals surface area contributed by atoms with E-state index in [1.807, 2.05) is 0 Å². The van der Waals surface area contributed by atoms with Gasteiger partial charge in [-0.1, -0.05) is 5.11 Å². The molecule has 0 spiro atoms. The molecule has 0 unspecified atom stereocenters. The first kappa shape index (κ1) is 18.9. The molecule has 20 heavy (non-hydrogen) atoms. The number of carbonyl (C=O) groups excluding carboxylic acids is 1. The van der Waals surface area contributed by atoms with Crippen molar-refractivity contribution >= 4 is 13.6 Å². The Labute approximate surface area is 117 Å². The van der Waals surface area contributed by atoms with Gasteiger partial charge in [-0.05, 0) is 32.7 Å². The summed E-state index contributed by atoms with van der Waals surface area (Å²) in [5, 5.41) is 3.40. The molecular formula is C10H21N4O5P. The van der Waals surface area contributed by atoms with Gasteiger partial charge in [-0.3, -0.25) is 9.36 Å². The Bertz CT molecular complexity index is 389. The SMILES string of the molecule is CCOC(=O)[C@@H](N)C[C@H](N=[N+]=[N-])P(=O)(OCC)OCC. The molecule has 0 aliphatic carbocycles.